The Balaban J connectivity index is 2.36. The van der Waals surface area contributed by atoms with Crippen molar-refractivity contribution in [3.8, 4) is 0 Å². The van der Waals surface area contributed by atoms with Gasteiger partial charge >= 0.3 is 5.69 Å². The summed E-state index contributed by atoms with van der Waals surface area (Å²) in [5.74, 6) is -0.446. The lowest BCUT2D eigenvalue weighted by atomic mass is 9.91. The summed E-state index contributed by atoms with van der Waals surface area (Å²) < 4.78 is 0. The molecule has 0 radical (unpaired) electrons. The Bertz CT molecular complexity index is 531. The van der Waals surface area contributed by atoms with Gasteiger partial charge in [0.05, 0.1) is 11.5 Å². The van der Waals surface area contributed by atoms with E-state index in [9.17, 15) is 14.9 Å². The monoisotopic (exact) mass is 298 g/mol. The van der Waals surface area contributed by atoms with Gasteiger partial charge in [-0.25, -0.2) is 0 Å². The molecule has 1 saturated carbocycles. The second-order valence-electron chi connectivity index (χ2n) is 4.70. The van der Waals surface area contributed by atoms with Gasteiger partial charge in [0, 0.05) is 12.6 Å². The zero-order valence-electron chi connectivity index (χ0n) is 10.8. The summed E-state index contributed by atoms with van der Waals surface area (Å²) in [5.41, 5.74) is -0.399. The molecule has 0 atom stereocenters. The smallest absolute Gasteiger partial charge is 0.300 e. The Labute approximate surface area is 121 Å². The number of nitrogens with zero attached hydrogens (tertiary/aromatic N) is 2. The lowest BCUT2D eigenvalue weighted by molar-refractivity contribution is -0.385. The Kier molecular flexibility index (Phi) is 4.57. The van der Waals surface area contributed by atoms with Crippen LogP contribution in [-0.2, 0) is 0 Å². The average Bonchev–Trinajstić information content (AvgIpc) is 2.34. The van der Waals surface area contributed by atoms with Gasteiger partial charge in [0.15, 0.2) is 0 Å². The number of halogens is 1. The topological polar surface area (TPSA) is 83.7 Å². The third-order valence-electron chi connectivity index (χ3n) is 3.52. The third kappa shape index (κ3) is 2.76. The van der Waals surface area contributed by atoms with Crippen molar-refractivity contribution in [2.45, 2.75) is 25.3 Å². The standard InChI is InChI=1S/C13H15ClN2O4/c14-11-6-2-5-10(12(11)16(19)20)13(18)15(7-8-17)9-3-1-4-9/h2,5-6,9,17H,1,3-4,7-8H2. The number of aliphatic hydroxyl groups excluding tert-OH is 1. The first-order valence-corrected chi connectivity index (χ1v) is 6.78. The van der Waals surface area contributed by atoms with E-state index in [1.165, 1.54) is 23.1 Å². The quantitative estimate of drug-likeness (QED) is 0.667. The number of hydrogen-bond donors (Lipinski definition) is 1. The predicted molar refractivity (Wildman–Crippen MR) is 73.9 cm³/mol. The molecule has 0 heterocycles. The van der Waals surface area contributed by atoms with Gasteiger partial charge in [-0.3, -0.25) is 14.9 Å². The summed E-state index contributed by atoms with van der Waals surface area (Å²) in [6, 6.07) is 4.35. The molecule has 108 valence electrons. The number of benzene rings is 1. The molecule has 6 nitrogen and oxygen atoms in total. The number of rotatable bonds is 5. The molecular weight excluding hydrogens is 284 g/mol. The van der Waals surface area contributed by atoms with E-state index in [0.29, 0.717) is 0 Å². The van der Waals surface area contributed by atoms with Crippen LogP contribution in [0.4, 0.5) is 5.69 Å². The molecule has 0 aliphatic heterocycles. The predicted octanol–water partition coefficient (Wildman–Crippen LogP) is 2.24. The third-order valence-corrected chi connectivity index (χ3v) is 3.82. The van der Waals surface area contributed by atoms with E-state index in [2.05, 4.69) is 0 Å². The number of amides is 1. The number of nitro groups is 1. The summed E-state index contributed by atoms with van der Waals surface area (Å²) in [6.45, 7) is 0.00374. The van der Waals surface area contributed by atoms with Gasteiger partial charge < -0.3 is 10.0 Å². The fourth-order valence-corrected chi connectivity index (χ4v) is 2.53. The van der Waals surface area contributed by atoms with Crippen LogP contribution in [0.2, 0.25) is 5.02 Å². The van der Waals surface area contributed by atoms with E-state index in [0.717, 1.165) is 19.3 Å². The number of carbonyl (C=O) groups excluding carboxylic acids is 1. The van der Waals surface area contributed by atoms with Crippen LogP contribution >= 0.6 is 11.6 Å². The molecule has 1 fully saturated rings. The van der Waals surface area contributed by atoms with Crippen LogP contribution < -0.4 is 0 Å². The van der Waals surface area contributed by atoms with Gasteiger partial charge in [0.25, 0.3) is 5.91 Å². The van der Waals surface area contributed by atoms with Crippen LogP contribution in [0.15, 0.2) is 18.2 Å². The highest BCUT2D eigenvalue weighted by molar-refractivity contribution is 6.33. The molecule has 2 rings (SSSR count). The Morgan fingerprint density at radius 2 is 2.20 bits per heavy atom. The summed E-state index contributed by atoms with van der Waals surface area (Å²) in [6.07, 6.45) is 2.75. The zero-order chi connectivity index (χ0) is 14.7. The van der Waals surface area contributed by atoms with Crippen LogP contribution in [0.25, 0.3) is 0 Å². The minimum atomic E-state index is -0.645. The molecule has 1 aromatic rings. The fraction of sp³-hybridized carbons (Fsp3) is 0.462. The van der Waals surface area contributed by atoms with Crippen molar-refractivity contribution in [3.63, 3.8) is 0 Å². The van der Waals surface area contributed by atoms with Crippen molar-refractivity contribution in [3.05, 3.63) is 38.9 Å². The summed E-state index contributed by atoms with van der Waals surface area (Å²) in [7, 11) is 0. The van der Waals surface area contributed by atoms with Gasteiger partial charge in [-0.05, 0) is 31.4 Å². The van der Waals surface area contributed by atoms with Gasteiger partial charge in [0.1, 0.15) is 10.6 Å². The molecule has 0 spiro atoms. The lowest BCUT2D eigenvalue weighted by Gasteiger charge is -2.37. The van der Waals surface area contributed by atoms with Crippen LogP contribution in [0.1, 0.15) is 29.6 Å². The highest BCUT2D eigenvalue weighted by Gasteiger charge is 2.33. The zero-order valence-corrected chi connectivity index (χ0v) is 11.5. The lowest BCUT2D eigenvalue weighted by Crippen LogP contribution is -2.45. The molecule has 1 amide bonds. The molecule has 1 aliphatic rings. The van der Waals surface area contributed by atoms with Gasteiger partial charge in [-0.1, -0.05) is 17.7 Å². The molecule has 7 heteroatoms. The Morgan fingerprint density at radius 3 is 2.70 bits per heavy atom. The van der Waals surface area contributed by atoms with Gasteiger partial charge in [-0.15, -0.1) is 0 Å². The highest BCUT2D eigenvalue weighted by atomic mass is 35.5. The molecule has 1 aromatic carbocycles. The highest BCUT2D eigenvalue weighted by Crippen LogP contribution is 2.32. The van der Waals surface area contributed by atoms with Crippen LogP contribution in [0, 0.1) is 10.1 Å². The van der Waals surface area contributed by atoms with E-state index in [-0.39, 0.29) is 35.5 Å². The van der Waals surface area contributed by atoms with E-state index in [1.807, 2.05) is 0 Å². The van der Waals surface area contributed by atoms with Crippen LogP contribution in [-0.4, -0.2) is 40.0 Å². The molecular formula is C13H15ClN2O4. The molecule has 1 aliphatic carbocycles. The normalized spacial score (nSPS) is 14.7. The number of nitro benzene ring substituents is 1. The molecule has 0 unspecified atom stereocenters. The SMILES string of the molecule is O=C(c1cccc(Cl)c1[N+](=O)[O-])N(CCO)C1CCC1. The van der Waals surface area contributed by atoms with Crippen molar-refractivity contribution >= 4 is 23.2 Å². The average molecular weight is 299 g/mol. The van der Waals surface area contributed by atoms with Crippen LogP contribution in [0.5, 0.6) is 0 Å². The van der Waals surface area contributed by atoms with E-state index >= 15 is 0 Å². The second-order valence-corrected chi connectivity index (χ2v) is 5.11. The molecule has 1 N–H and O–H groups in total. The van der Waals surface area contributed by atoms with E-state index in [1.54, 1.807) is 0 Å². The first kappa shape index (κ1) is 14.7. The van der Waals surface area contributed by atoms with Crippen LogP contribution in [0.3, 0.4) is 0 Å². The van der Waals surface area contributed by atoms with Crippen molar-refractivity contribution in [1.82, 2.24) is 4.90 Å². The van der Waals surface area contributed by atoms with Crippen molar-refractivity contribution < 1.29 is 14.8 Å². The summed E-state index contributed by atoms with van der Waals surface area (Å²) >= 11 is 5.82. The Morgan fingerprint density at radius 1 is 1.50 bits per heavy atom. The first-order valence-electron chi connectivity index (χ1n) is 6.41. The second kappa shape index (κ2) is 6.19. The maximum absolute atomic E-state index is 12.5. The summed E-state index contributed by atoms with van der Waals surface area (Å²) in [4.78, 5) is 24.4. The largest absolute Gasteiger partial charge is 0.395 e. The molecule has 20 heavy (non-hydrogen) atoms. The number of para-hydroxylation sites is 1. The number of carbonyl (C=O) groups is 1. The first-order chi connectivity index (χ1) is 9.56. The molecule has 0 saturated heterocycles. The van der Waals surface area contributed by atoms with E-state index < -0.39 is 10.8 Å². The van der Waals surface area contributed by atoms with Crippen molar-refractivity contribution in [2.24, 2.45) is 0 Å². The number of hydrogen-bond acceptors (Lipinski definition) is 4. The molecule has 0 aromatic heterocycles. The van der Waals surface area contributed by atoms with Gasteiger partial charge in [0.2, 0.25) is 0 Å². The summed E-state index contributed by atoms with van der Waals surface area (Å²) in [5, 5.41) is 20.1. The Hall–Kier alpha value is -1.66. The number of aliphatic hydroxyl groups is 1. The minimum absolute atomic E-state index is 0.0251. The molecule has 0 bridgehead atoms. The fourth-order valence-electron chi connectivity index (χ4n) is 2.28. The van der Waals surface area contributed by atoms with Crippen molar-refractivity contribution in [2.75, 3.05) is 13.2 Å². The van der Waals surface area contributed by atoms with E-state index in [4.69, 9.17) is 16.7 Å². The van der Waals surface area contributed by atoms with Crippen molar-refractivity contribution in [1.29, 1.82) is 0 Å². The minimum Gasteiger partial charge on any atom is -0.395 e. The maximum Gasteiger partial charge on any atom is 0.300 e. The van der Waals surface area contributed by atoms with Gasteiger partial charge in [-0.2, -0.15) is 0 Å². The maximum atomic E-state index is 12.5.